The molecular formula is C26H29N7O5S. The minimum Gasteiger partial charge on any atom is -0.478 e. The lowest BCUT2D eigenvalue weighted by Crippen LogP contribution is -2.29. The van der Waals surface area contributed by atoms with Gasteiger partial charge in [0.15, 0.2) is 17.0 Å². The van der Waals surface area contributed by atoms with Crippen LogP contribution in [0, 0.1) is 0 Å². The summed E-state index contributed by atoms with van der Waals surface area (Å²) in [7, 11) is -3.89. The molecule has 1 fully saturated rings. The van der Waals surface area contributed by atoms with E-state index in [-0.39, 0.29) is 28.3 Å². The number of nitrogens with zero attached hydrogens (tertiary/aromatic N) is 4. The van der Waals surface area contributed by atoms with Crippen molar-refractivity contribution in [2.24, 2.45) is 0 Å². The molecule has 0 amide bonds. The lowest BCUT2D eigenvalue weighted by Gasteiger charge is -2.26. The van der Waals surface area contributed by atoms with Gasteiger partial charge in [0.05, 0.1) is 22.9 Å². The van der Waals surface area contributed by atoms with Gasteiger partial charge in [0.1, 0.15) is 0 Å². The maximum atomic E-state index is 12.8. The van der Waals surface area contributed by atoms with Crippen LogP contribution in [0.1, 0.15) is 43.0 Å². The van der Waals surface area contributed by atoms with Crippen LogP contribution in [0.2, 0.25) is 0 Å². The van der Waals surface area contributed by atoms with E-state index in [9.17, 15) is 18.3 Å². The molecule has 0 radical (unpaired) electrons. The second-order valence-electron chi connectivity index (χ2n) is 9.39. The molecule has 2 aromatic carbocycles. The Morgan fingerprint density at radius 2 is 1.67 bits per heavy atom. The van der Waals surface area contributed by atoms with Crippen molar-refractivity contribution in [1.29, 1.82) is 0 Å². The van der Waals surface area contributed by atoms with Gasteiger partial charge in [0.25, 0.3) is 10.0 Å². The van der Waals surface area contributed by atoms with Crippen molar-refractivity contribution < 1.29 is 23.4 Å². The Hall–Kier alpha value is -4.23. The standard InChI is InChI=1S/C26H29N7O5S/c1-2-33-15-27-22-23(30-26(31-24(22)33)29-18-7-11-20(34)12-8-18)28-17-9-13-21(14-10-17)39(37,38)32-19-5-3-16(4-6-19)25(35)36/h3-6,9-10,13-15,18,20,32,34H,2,7-8,11-12H2,1H3,(H,35,36)(H2,28,29,30,31). The summed E-state index contributed by atoms with van der Waals surface area (Å²) < 4.78 is 30.1. The van der Waals surface area contributed by atoms with Crippen molar-refractivity contribution in [1.82, 2.24) is 19.5 Å². The fourth-order valence-corrected chi connectivity index (χ4v) is 5.54. The average molecular weight is 552 g/mol. The molecule has 0 unspecified atom stereocenters. The molecule has 2 heterocycles. The molecule has 1 saturated carbocycles. The molecule has 12 nitrogen and oxygen atoms in total. The average Bonchev–Trinajstić information content (AvgIpc) is 3.34. The number of hydrogen-bond acceptors (Lipinski definition) is 9. The zero-order valence-electron chi connectivity index (χ0n) is 21.2. The van der Waals surface area contributed by atoms with E-state index in [0.717, 1.165) is 25.7 Å². The summed E-state index contributed by atoms with van der Waals surface area (Å²) in [6.45, 7) is 2.68. The molecule has 5 rings (SSSR count). The summed E-state index contributed by atoms with van der Waals surface area (Å²) in [4.78, 5) is 24.9. The molecule has 1 aliphatic carbocycles. The van der Waals surface area contributed by atoms with E-state index in [2.05, 4.69) is 30.3 Å². The molecular weight excluding hydrogens is 522 g/mol. The highest BCUT2D eigenvalue weighted by molar-refractivity contribution is 7.92. The predicted molar refractivity (Wildman–Crippen MR) is 147 cm³/mol. The van der Waals surface area contributed by atoms with Gasteiger partial charge in [-0.15, -0.1) is 0 Å². The lowest BCUT2D eigenvalue weighted by molar-refractivity contribution is 0.0697. The summed E-state index contributed by atoms with van der Waals surface area (Å²) in [5, 5.41) is 25.5. The number of carbonyl (C=O) groups is 1. The molecule has 204 valence electrons. The second-order valence-corrected chi connectivity index (χ2v) is 11.1. The Balaban J connectivity index is 1.35. The van der Waals surface area contributed by atoms with Gasteiger partial charge in [0.2, 0.25) is 5.95 Å². The van der Waals surface area contributed by atoms with Gasteiger partial charge in [-0.25, -0.2) is 18.2 Å². The Morgan fingerprint density at radius 3 is 2.31 bits per heavy atom. The third-order valence-corrected chi connectivity index (χ3v) is 8.04. The molecule has 39 heavy (non-hydrogen) atoms. The first kappa shape index (κ1) is 26.4. The van der Waals surface area contributed by atoms with Crippen LogP contribution in [0.15, 0.2) is 59.8 Å². The number of aromatic nitrogens is 4. The number of carboxylic acids is 1. The van der Waals surface area contributed by atoms with Crippen LogP contribution in [0.3, 0.4) is 0 Å². The lowest BCUT2D eigenvalue weighted by atomic mass is 9.93. The maximum absolute atomic E-state index is 12.8. The van der Waals surface area contributed by atoms with Crippen LogP contribution in [0.4, 0.5) is 23.1 Å². The minimum atomic E-state index is -3.89. The number of fused-ring (bicyclic) bond motifs is 1. The van der Waals surface area contributed by atoms with Crippen LogP contribution in [-0.4, -0.2) is 56.3 Å². The van der Waals surface area contributed by atoms with E-state index in [1.165, 1.54) is 36.4 Å². The second kappa shape index (κ2) is 10.9. The highest BCUT2D eigenvalue weighted by atomic mass is 32.2. The summed E-state index contributed by atoms with van der Waals surface area (Å²) in [5.74, 6) is -0.150. The van der Waals surface area contributed by atoms with E-state index >= 15 is 0 Å². The number of imidazole rings is 1. The highest BCUT2D eigenvalue weighted by Crippen LogP contribution is 2.27. The number of anilines is 4. The van der Waals surface area contributed by atoms with Gasteiger partial charge in [-0.1, -0.05) is 0 Å². The normalized spacial score (nSPS) is 17.6. The van der Waals surface area contributed by atoms with Crippen LogP contribution < -0.4 is 15.4 Å². The van der Waals surface area contributed by atoms with Gasteiger partial charge in [0, 0.05) is 24.0 Å². The van der Waals surface area contributed by atoms with Crippen LogP contribution in [0.5, 0.6) is 0 Å². The van der Waals surface area contributed by atoms with Crippen molar-refractivity contribution in [3.8, 4) is 0 Å². The quantitative estimate of drug-likeness (QED) is 0.206. The number of hydrogen-bond donors (Lipinski definition) is 5. The Bertz CT molecular complexity index is 1580. The SMILES string of the molecule is CCn1cnc2c(Nc3ccc(S(=O)(=O)Nc4ccc(C(=O)O)cc4)cc3)nc(NC3CCC(O)CC3)nc21. The maximum Gasteiger partial charge on any atom is 0.335 e. The first-order valence-electron chi connectivity index (χ1n) is 12.6. The van der Waals surface area contributed by atoms with E-state index < -0.39 is 16.0 Å². The number of aliphatic hydroxyl groups excluding tert-OH is 1. The summed E-state index contributed by atoms with van der Waals surface area (Å²) in [6.07, 6.45) is 4.56. The first-order valence-corrected chi connectivity index (χ1v) is 14.1. The van der Waals surface area contributed by atoms with E-state index in [4.69, 9.17) is 5.11 Å². The molecule has 0 aliphatic heterocycles. The topological polar surface area (TPSA) is 171 Å². The number of benzene rings is 2. The first-order chi connectivity index (χ1) is 18.7. The van der Waals surface area contributed by atoms with Crippen molar-refractivity contribution in [2.75, 3.05) is 15.4 Å². The number of sulfonamides is 1. The molecule has 2 aromatic heterocycles. The van der Waals surface area contributed by atoms with E-state index in [1.807, 2.05) is 11.5 Å². The smallest absolute Gasteiger partial charge is 0.335 e. The minimum absolute atomic E-state index is 0.0419. The molecule has 1 aliphatic rings. The molecule has 0 atom stereocenters. The number of nitrogens with one attached hydrogen (secondary N) is 3. The van der Waals surface area contributed by atoms with E-state index in [0.29, 0.717) is 35.2 Å². The van der Waals surface area contributed by atoms with Crippen molar-refractivity contribution in [3.05, 3.63) is 60.4 Å². The number of carboxylic acid groups (broad SMARTS) is 1. The third-order valence-electron chi connectivity index (χ3n) is 6.65. The van der Waals surface area contributed by atoms with Gasteiger partial charge < -0.3 is 25.4 Å². The Morgan fingerprint density at radius 1 is 1.00 bits per heavy atom. The molecule has 0 saturated heterocycles. The van der Waals surface area contributed by atoms with E-state index in [1.54, 1.807) is 18.5 Å². The highest BCUT2D eigenvalue weighted by Gasteiger charge is 2.22. The largest absolute Gasteiger partial charge is 0.478 e. The summed E-state index contributed by atoms with van der Waals surface area (Å²) in [5.41, 5.74) is 2.18. The van der Waals surface area contributed by atoms with Crippen LogP contribution in [0.25, 0.3) is 11.2 Å². The predicted octanol–water partition coefficient (Wildman–Crippen LogP) is 3.80. The Labute approximate surface area is 225 Å². The molecule has 0 bridgehead atoms. The molecule has 0 spiro atoms. The third kappa shape index (κ3) is 5.94. The fourth-order valence-electron chi connectivity index (χ4n) is 4.48. The monoisotopic (exact) mass is 551 g/mol. The summed E-state index contributed by atoms with van der Waals surface area (Å²) >= 11 is 0. The molecule has 5 N–H and O–H groups in total. The van der Waals surface area contributed by atoms with Crippen molar-refractivity contribution in [2.45, 2.75) is 56.2 Å². The fraction of sp³-hybridized carbons (Fsp3) is 0.308. The van der Waals surface area contributed by atoms with Crippen LogP contribution in [-0.2, 0) is 16.6 Å². The number of aromatic carboxylic acids is 1. The molecule has 13 heteroatoms. The van der Waals surface area contributed by atoms with Crippen LogP contribution >= 0.6 is 0 Å². The zero-order chi connectivity index (χ0) is 27.6. The van der Waals surface area contributed by atoms with Gasteiger partial charge in [-0.3, -0.25) is 4.72 Å². The van der Waals surface area contributed by atoms with Gasteiger partial charge in [-0.2, -0.15) is 9.97 Å². The molecule has 4 aromatic rings. The van der Waals surface area contributed by atoms with Crippen molar-refractivity contribution >= 4 is 50.3 Å². The zero-order valence-corrected chi connectivity index (χ0v) is 22.0. The van der Waals surface area contributed by atoms with Gasteiger partial charge >= 0.3 is 5.97 Å². The number of aliphatic hydroxyl groups is 1. The number of aryl methyl sites for hydroxylation is 1. The Kier molecular flexibility index (Phi) is 7.35. The van der Waals surface area contributed by atoms with Crippen molar-refractivity contribution in [3.63, 3.8) is 0 Å². The number of rotatable bonds is 9. The summed E-state index contributed by atoms with van der Waals surface area (Å²) in [6, 6.07) is 11.8. The van der Waals surface area contributed by atoms with Gasteiger partial charge in [-0.05, 0) is 81.1 Å².